The first-order valence-electron chi connectivity index (χ1n) is 5.10. The molecule has 0 aromatic heterocycles. The monoisotopic (exact) mass is 206 g/mol. The summed E-state index contributed by atoms with van der Waals surface area (Å²) in [6, 6.07) is 7.37. The Bertz CT molecular complexity index is 330. The highest BCUT2D eigenvalue weighted by atomic mass is 16.3. The molecule has 0 bridgehead atoms. The van der Waals surface area contributed by atoms with E-state index in [4.69, 9.17) is 16.6 Å². The van der Waals surface area contributed by atoms with Gasteiger partial charge in [0.2, 0.25) is 0 Å². The maximum absolute atomic E-state index is 8.88. The molecule has 1 aromatic carbocycles. The molecule has 1 rings (SSSR count). The van der Waals surface area contributed by atoms with E-state index in [0.29, 0.717) is 0 Å². The van der Waals surface area contributed by atoms with Gasteiger partial charge >= 0.3 is 0 Å². The van der Waals surface area contributed by atoms with E-state index in [0.717, 1.165) is 23.2 Å². The molecule has 0 aliphatic heterocycles. The van der Waals surface area contributed by atoms with Crippen molar-refractivity contribution in [2.45, 2.75) is 19.4 Å². The van der Waals surface area contributed by atoms with Crippen molar-refractivity contribution in [3.8, 4) is 0 Å². The SMILES string of the molecule is CC/C(=C\[C@H](N)CO)c1ccc(N)cc1. The summed E-state index contributed by atoms with van der Waals surface area (Å²) in [7, 11) is 0. The van der Waals surface area contributed by atoms with Gasteiger partial charge in [-0.25, -0.2) is 0 Å². The Labute approximate surface area is 90.4 Å². The highest BCUT2D eigenvalue weighted by Crippen LogP contribution is 2.19. The molecule has 0 radical (unpaired) electrons. The lowest BCUT2D eigenvalue weighted by Gasteiger charge is -2.08. The molecule has 1 atom stereocenters. The van der Waals surface area contributed by atoms with Crippen LogP contribution in [0.15, 0.2) is 30.3 Å². The van der Waals surface area contributed by atoms with Gasteiger partial charge in [0.15, 0.2) is 0 Å². The maximum Gasteiger partial charge on any atom is 0.0618 e. The average Bonchev–Trinajstić information content (AvgIpc) is 2.27. The molecule has 0 aliphatic carbocycles. The van der Waals surface area contributed by atoms with Gasteiger partial charge in [0.05, 0.1) is 6.61 Å². The summed E-state index contributed by atoms with van der Waals surface area (Å²) in [5.41, 5.74) is 14.3. The van der Waals surface area contributed by atoms with Crippen LogP contribution in [0.25, 0.3) is 5.57 Å². The minimum absolute atomic E-state index is 0.0293. The van der Waals surface area contributed by atoms with E-state index >= 15 is 0 Å². The second-order valence-corrected chi connectivity index (χ2v) is 3.51. The van der Waals surface area contributed by atoms with Crippen LogP contribution < -0.4 is 11.5 Å². The molecule has 0 amide bonds. The van der Waals surface area contributed by atoms with E-state index in [1.54, 1.807) is 0 Å². The first-order valence-corrected chi connectivity index (χ1v) is 5.10. The van der Waals surface area contributed by atoms with Gasteiger partial charge in [-0.3, -0.25) is 0 Å². The number of nitrogens with two attached hydrogens (primary N) is 2. The maximum atomic E-state index is 8.88. The van der Waals surface area contributed by atoms with Gasteiger partial charge in [0.25, 0.3) is 0 Å². The molecule has 3 heteroatoms. The predicted octanol–water partition coefficient (Wildman–Crippen LogP) is 1.38. The second-order valence-electron chi connectivity index (χ2n) is 3.51. The van der Waals surface area contributed by atoms with E-state index in [9.17, 15) is 0 Å². The van der Waals surface area contributed by atoms with Crippen LogP contribution in [0.1, 0.15) is 18.9 Å². The van der Waals surface area contributed by atoms with Gasteiger partial charge in [-0.2, -0.15) is 0 Å². The van der Waals surface area contributed by atoms with Crippen molar-refractivity contribution in [2.75, 3.05) is 12.3 Å². The van der Waals surface area contributed by atoms with Crippen molar-refractivity contribution in [3.05, 3.63) is 35.9 Å². The molecule has 0 heterocycles. The Morgan fingerprint density at radius 3 is 2.47 bits per heavy atom. The normalized spacial score (nSPS) is 13.9. The smallest absolute Gasteiger partial charge is 0.0618 e. The predicted molar refractivity (Wildman–Crippen MR) is 64.2 cm³/mol. The van der Waals surface area contributed by atoms with Crippen LogP contribution >= 0.6 is 0 Å². The lowest BCUT2D eigenvalue weighted by Crippen LogP contribution is -2.21. The molecule has 15 heavy (non-hydrogen) atoms. The van der Waals surface area contributed by atoms with Crippen LogP contribution in [-0.2, 0) is 0 Å². The van der Waals surface area contributed by atoms with Crippen LogP contribution in [0, 0.1) is 0 Å². The summed E-state index contributed by atoms with van der Waals surface area (Å²) < 4.78 is 0. The van der Waals surface area contributed by atoms with Crippen molar-refractivity contribution in [1.29, 1.82) is 0 Å². The molecule has 0 unspecified atom stereocenters. The molecule has 0 fully saturated rings. The highest BCUT2D eigenvalue weighted by molar-refractivity contribution is 5.67. The van der Waals surface area contributed by atoms with Gasteiger partial charge in [-0.1, -0.05) is 25.1 Å². The largest absolute Gasteiger partial charge is 0.399 e. The van der Waals surface area contributed by atoms with Gasteiger partial charge in [0, 0.05) is 11.7 Å². The van der Waals surface area contributed by atoms with E-state index in [1.807, 2.05) is 30.3 Å². The van der Waals surface area contributed by atoms with Crippen molar-refractivity contribution in [2.24, 2.45) is 5.73 Å². The highest BCUT2D eigenvalue weighted by Gasteiger charge is 2.02. The number of rotatable bonds is 4. The van der Waals surface area contributed by atoms with Crippen molar-refractivity contribution in [1.82, 2.24) is 0 Å². The standard InChI is InChI=1S/C12H18N2O/c1-2-9(7-12(14)8-15)10-3-5-11(13)6-4-10/h3-7,12,15H,2,8,13-14H2,1H3/b9-7+/t12-/m0/s1. The Morgan fingerprint density at radius 1 is 1.40 bits per heavy atom. The van der Waals surface area contributed by atoms with Crippen molar-refractivity contribution in [3.63, 3.8) is 0 Å². The summed E-state index contributed by atoms with van der Waals surface area (Å²) in [5.74, 6) is 0. The number of anilines is 1. The number of benzene rings is 1. The lowest BCUT2D eigenvalue weighted by atomic mass is 10.0. The number of aliphatic hydroxyl groups is 1. The van der Waals surface area contributed by atoms with E-state index < -0.39 is 0 Å². The number of hydrogen-bond donors (Lipinski definition) is 3. The molecule has 82 valence electrons. The number of nitrogen functional groups attached to an aromatic ring is 1. The first-order chi connectivity index (χ1) is 7.17. The Kier molecular flexibility index (Phi) is 4.34. The molecular weight excluding hydrogens is 188 g/mol. The average molecular weight is 206 g/mol. The lowest BCUT2D eigenvalue weighted by molar-refractivity contribution is 0.284. The fraction of sp³-hybridized carbons (Fsp3) is 0.333. The van der Waals surface area contributed by atoms with Gasteiger partial charge in [-0.05, 0) is 29.7 Å². The minimum Gasteiger partial charge on any atom is -0.399 e. The minimum atomic E-state index is -0.294. The quantitative estimate of drug-likeness (QED) is 0.652. The van der Waals surface area contributed by atoms with E-state index in [2.05, 4.69) is 6.92 Å². The van der Waals surface area contributed by atoms with Crippen LogP contribution in [-0.4, -0.2) is 17.8 Å². The van der Waals surface area contributed by atoms with Crippen molar-refractivity contribution < 1.29 is 5.11 Å². The zero-order valence-corrected chi connectivity index (χ0v) is 8.98. The zero-order chi connectivity index (χ0) is 11.3. The Morgan fingerprint density at radius 2 is 2.00 bits per heavy atom. The summed E-state index contributed by atoms with van der Waals surface area (Å²) >= 11 is 0. The molecule has 0 spiro atoms. The third-order valence-electron chi connectivity index (χ3n) is 2.29. The Hall–Kier alpha value is -1.32. The van der Waals surface area contributed by atoms with Crippen LogP contribution in [0.4, 0.5) is 5.69 Å². The number of aliphatic hydroxyl groups excluding tert-OH is 1. The molecule has 0 saturated heterocycles. The van der Waals surface area contributed by atoms with Crippen LogP contribution in [0.2, 0.25) is 0 Å². The van der Waals surface area contributed by atoms with Gasteiger partial charge in [-0.15, -0.1) is 0 Å². The van der Waals surface area contributed by atoms with Gasteiger partial charge < -0.3 is 16.6 Å². The number of hydrogen-bond acceptors (Lipinski definition) is 3. The molecular formula is C12H18N2O. The zero-order valence-electron chi connectivity index (χ0n) is 8.98. The Balaban J connectivity index is 2.92. The molecule has 1 aromatic rings. The molecule has 5 N–H and O–H groups in total. The van der Waals surface area contributed by atoms with E-state index in [-0.39, 0.29) is 12.6 Å². The van der Waals surface area contributed by atoms with Crippen LogP contribution in [0.3, 0.4) is 0 Å². The second kappa shape index (κ2) is 5.53. The first kappa shape index (κ1) is 11.8. The number of allylic oxidation sites excluding steroid dienone is 1. The van der Waals surface area contributed by atoms with Gasteiger partial charge in [0.1, 0.15) is 0 Å². The van der Waals surface area contributed by atoms with Crippen molar-refractivity contribution >= 4 is 11.3 Å². The third-order valence-corrected chi connectivity index (χ3v) is 2.29. The van der Waals surface area contributed by atoms with E-state index in [1.165, 1.54) is 0 Å². The molecule has 3 nitrogen and oxygen atoms in total. The molecule has 0 saturated carbocycles. The fourth-order valence-corrected chi connectivity index (χ4v) is 1.43. The topological polar surface area (TPSA) is 72.3 Å². The summed E-state index contributed by atoms with van der Waals surface area (Å²) in [6.45, 7) is 2.03. The summed E-state index contributed by atoms with van der Waals surface area (Å²) in [6.07, 6.45) is 2.78. The fourth-order valence-electron chi connectivity index (χ4n) is 1.43. The summed E-state index contributed by atoms with van der Waals surface area (Å²) in [4.78, 5) is 0. The molecule has 0 aliphatic rings. The van der Waals surface area contributed by atoms with Crippen LogP contribution in [0.5, 0.6) is 0 Å². The summed E-state index contributed by atoms with van der Waals surface area (Å²) in [5, 5.41) is 8.88. The third kappa shape index (κ3) is 3.38.